The van der Waals surface area contributed by atoms with Crippen molar-refractivity contribution in [2.24, 2.45) is 11.3 Å². The normalized spacial score (nSPS) is 32.5. The minimum Gasteiger partial charge on any atom is -0.450 e. The second-order valence-corrected chi connectivity index (χ2v) is 4.92. The molecule has 0 saturated heterocycles. The van der Waals surface area contributed by atoms with Crippen molar-refractivity contribution >= 4 is 6.16 Å². The van der Waals surface area contributed by atoms with Crippen molar-refractivity contribution in [3.8, 4) is 0 Å². The third kappa shape index (κ3) is 3.25. The van der Waals surface area contributed by atoms with Gasteiger partial charge in [0.05, 0.1) is 0 Å². The van der Waals surface area contributed by atoms with E-state index in [1.54, 1.807) is 0 Å². The molecule has 0 aliphatic heterocycles. The third-order valence-corrected chi connectivity index (χ3v) is 2.61. The Kier molecular flexibility index (Phi) is 2.84. The molecular formula is C10H18O3. The summed E-state index contributed by atoms with van der Waals surface area (Å²) in [5.74, 6) is 0.563. The zero-order chi connectivity index (χ0) is 10.1. The Hall–Kier alpha value is -0.730. The van der Waals surface area contributed by atoms with Crippen molar-refractivity contribution in [2.45, 2.75) is 46.1 Å². The lowest BCUT2D eigenvalue weighted by Crippen LogP contribution is -2.33. The van der Waals surface area contributed by atoms with Crippen LogP contribution in [0.25, 0.3) is 0 Å². The van der Waals surface area contributed by atoms with Crippen LogP contribution < -0.4 is 0 Å². The van der Waals surface area contributed by atoms with E-state index in [9.17, 15) is 4.79 Å². The van der Waals surface area contributed by atoms with Crippen LogP contribution in [0.15, 0.2) is 0 Å². The number of rotatable bonds is 1. The van der Waals surface area contributed by atoms with Crippen LogP contribution in [0.1, 0.15) is 40.0 Å². The molecule has 0 aromatic rings. The van der Waals surface area contributed by atoms with Gasteiger partial charge in [-0.2, -0.15) is 0 Å². The molecule has 2 unspecified atom stereocenters. The second-order valence-electron chi connectivity index (χ2n) is 4.92. The van der Waals surface area contributed by atoms with Gasteiger partial charge >= 0.3 is 6.16 Å². The molecule has 0 aromatic carbocycles. The summed E-state index contributed by atoms with van der Waals surface area (Å²) in [6, 6.07) is 0. The van der Waals surface area contributed by atoms with E-state index in [2.05, 4.69) is 20.8 Å². The van der Waals surface area contributed by atoms with Crippen molar-refractivity contribution in [3.05, 3.63) is 0 Å². The van der Waals surface area contributed by atoms with E-state index in [4.69, 9.17) is 9.84 Å². The van der Waals surface area contributed by atoms with Crippen LogP contribution in [-0.2, 0) is 4.74 Å². The van der Waals surface area contributed by atoms with Gasteiger partial charge in [0.25, 0.3) is 0 Å². The van der Waals surface area contributed by atoms with Gasteiger partial charge in [0.2, 0.25) is 0 Å². The van der Waals surface area contributed by atoms with Gasteiger partial charge in [-0.1, -0.05) is 20.8 Å². The molecule has 0 radical (unpaired) electrons. The van der Waals surface area contributed by atoms with Gasteiger partial charge in [0.1, 0.15) is 6.10 Å². The van der Waals surface area contributed by atoms with Crippen molar-refractivity contribution < 1.29 is 14.6 Å². The topological polar surface area (TPSA) is 46.5 Å². The summed E-state index contributed by atoms with van der Waals surface area (Å²) in [7, 11) is 0. The summed E-state index contributed by atoms with van der Waals surface area (Å²) >= 11 is 0. The predicted octanol–water partition coefficient (Wildman–Crippen LogP) is 2.90. The van der Waals surface area contributed by atoms with Gasteiger partial charge in [-0.15, -0.1) is 0 Å². The Morgan fingerprint density at radius 1 is 1.46 bits per heavy atom. The highest BCUT2D eigenvalue weighted by atomic mass is 16.7. The van der Waals surface area contributed by atoms with Gasteiger partial charge in [0.15, 0.2) is 0 Å². The molecule has 0 spiro atoms. The first-order valence-corrected chi connectivity index (χ1v) is 4.79. The average molecular weight is 186 g/mol. The summed E-state index contributed by atoms with van der Waals surface area (Å²) < 4.78 is 4.81. The van der Waals surface area contributed by atoms with Crippen molar-refractivity contribution in [2.75, 3.05) is 0 Å². The molecule has 13 heavy (non-hydrogen) atoms. The van der Waals surface area contributed by atoms with Gasteiger partial charge < -0.3 is 9.84 Å². The lowest BCUT2D eigenvalue weighted by Gasteiger charge is -2.37. The predicted molar refractivity (Wildman–Crippen MR) is 49.7 cm³/mol. The molecule has 76 valence electrons. The Balaban J connectivity index is 2.52. The summed E-state index contributed by atoms with van der Waals surface area (Å²) in [6.07, 6.45) is 1.64. The molecule has 1 rings (SSSR count). The third-order valence-electron chi connectivity index (χ3n) is 2.61. The molecule has 1 N–H and O–H groups in total. The van der Waals surface area contributed by atoms with Crippen LogP contribution in [0.2, 0.25) is 0 Å². The van der Waals surface area contributed by atoms with E-state index in [1.165, 1.54) is 0 Å². The van der Waals surface area contributed by atoms with Crippen LogP contribution in [0.5, 0.6) is 0 Å². The zero-order valence-corrected chi connectivity index (χ0v) is 8.54. The van der Waals surface area contributed by atoms with Gasteiger partial charge in [0, 0.05) is 0 Å². The highest BCUT2D eigenvalue weighted by Gasteiger charge is 2.33. The molecule has 3 heteroatoms. The first-order chi connectivity index (χ1) is 5.89. The molecule has 1 saturated carbocycles. The standard InChI is InChI=1S/C10H18O3/c1-7-4-8(13-9(11)12)6-10(2,3)5-7/h7-8H,4-6H2,1-3H3,(H,11,12). The summed E-state index contributed by atoms with van der Waals surface area (Å²) in [6.45, 7) is 6.49. The van der Waals surface area contributed by atoms with E-state index in [0.29, 0.717) is 5.92 Å². The van der Waals surface area contributed by atoms with Gasteiger partial charge in [-0.25, -0.2) is 4.79 Å². The van der Waals surface area contributed by atoms with Crippen molar-refractivity contribution in [1.29, 1.82) is 0 Å². The molecule has 0 amide bonds. The smallest absolute Gasteiger partial charge is 0.450 e. The zero-order valence-electron chi connectivity index (χ0n) is 8.54. The number of carboxylic acid groups (broad SMARTS) is 1. The van der Waals surface area contributed by atoms with Crippen LogP contribution in [0.3, 0.4) is 0 Å². The van der Waals surface area contributed by atoms with E-state index < -0.39 is 6.16 Å². The maximum atomic E-state index is 10.4. The fraction of sp³-hybridized carbons (Fsp3) is 0.900. The van der Waals surface area contributed by atoms with Gasteiger partial charge in [-0.3, -0.25) is 0 Å². The van der Waals surface area contributed by atoms with Crippen molar-refractivity contribution in [3.63, 3.8) is 0 Å². The fourth-order valence-corrected chi connectivity index (χ4v) is 2.49. The second kappa shape index (κ2) is 3.56. The van der Waals surface area contributed by atoms with E-state index >= 15 is 0 Å². The molecule has 0 bridgehead atoms. The highest BCUT2D eigenvalue weighted by Crippen LogP contribution is 2.39. The molecule has 2 atom stereocenters. The number of ether oxygens (including phenoxy) is 1. The Labute approximate surface area is 79.1 Å². The molecular weight excluding hydrogens is 168 g/mol. The maximum absolute atomic E-state index is 10.4. The quantitative estimate of drug-likeness (QED) is 0.640. The molecule has 1 aliphatic rings. The molecule has 1 aliphatic carbocycles. The minimum absolute atomic E-state index is 0.101. The largest absolute Gasteiger partial charge is 0.506 e. The molecule has 0 heterocycles. The molecule has 1 fully saturated rings. The monoisotopic (exact) mass is 186 g/mol. The SMILES string of the molecule is CC1CC(OC(=O)O)CC(C)(C)C1. The minimum atomic E-state index is -1.14. The first-order valence-electron chi connectivity index (χ1n) is 4.79. The van der Waals surface area contributed by atoms with Gasteiger partial charge in [-0.05, 0) is 30.6 Å². The Morgan fingerprint density at radius 2 is 2.08 bits per heavy atom. The van der Waals surface area contributed by atoms with E-state index in [-0.39, 0.29) is 11.5 Å². The van der Waals surface area contributed by atoms with Crippen LogP contribution in [0.4, 0.5) is 4.79 Å². The maximum Gasteiger partial charge on any atom is 0.506 e. The summed E-state index contributed by atoms with van der Waals surface area (Å²) in [5.41, 5.74) is 0.220. The van der Waals surface area contributed by atoms with E-state index in [1.807, 2.05) is 0 Å². The molecule has 3 nitrogen and oxygen atoms in total. The summed E-state index contributed by atoms with van der Waals surface area (Å²) in [5, 5.41) is 8.50. The lowest BCUT2D eigenvalue weighted by molar-refractivity contribution is -0.00505. The van der Waals surface area contributed by atoms with Crippen LogP contribution >= 0.6 is 0 Å². The Morgan fingerprint density at radius 3 is 2.54 bits per heavy atom. The Bertz CT molecular complexity index is 198. The average Bonchev–Trinajstić information content (AvgIpc) is 1.78. The first kappa shape index (κ1) is 10.4. The lowest BCUT2D eigenvalue weighted by atomic mass is 9.71. The van der Waals surface area contributed by atoms with Crippen molar-refractivity contribution in [1.82, 2.24) is 0 Å². The van der Waals surface area contributed by atoms with Crippen LogP contribution in [0, 0.1) is 11.3 Å². The molecule has 0 aromatic heterocycles. The summed E-state index contributed by atoms with van der Waals surface area (Å²) in [4.78, 5) is 10.4. The fourth-order valence-electron chi connectivity index (χ4n) is 2.49. The number of hydrogen-bond acceptors (Lipinski definition) is 2. The number of hydrogen-bond donors (Lipinski definition) is 1. The van der Waals surface area contributed by atoms with E-state index in [0.717, 1.165) is 19.3 Å². The van der Waals surface area contributed by atoms with Crippen LogP contribution in [-0.4, -0.2) is 17.4 Å². The number of carbonyl (C=O) groups is 1. The highest BCUT2D eigenvalue weighted by molar-refractivity contribution is 5.57.